The largest absolute Gasteiger partial charge is 0.454 e. The number of nitriles is 1. The fourth-order valence-electron chi connectivity index (χ4n) is 1.66. The lowest BCUT2D eigenvalue weighted by atomic mass is 10.1. The molecule has 0 radical (unpaired) electrons. The smallest absolute Gasteiger partial charge is 0.338 e. The molecule has 112 valence electrons. The predicted octanol–water partition coefficient (Wildman–Crippen LogP) is 3.25. The third-order valence-electron chi connectivity index (χ3n) is 2.76. The van der Waals surface area contributed by atoms with Crippen molar-refractivity contribution in [2.75, 3.05) is 6.61 Å². The summed E-state index contributed by atoms with van der Waals surface area (Å²) < 4.78 is 5.80. The summed E-state index contributed by atoms with van der Waals surface area (Å²) in [4.78, 5) is 28.0. The average Bonchev–Trinajstić information content (AvgIpc) is 2.92. The van der Waals surface area contributed by atoms with Crippen LogP contribution in [0.1, 0.15) is 27.0 Å². The summed E-state index contributed by atoms with van der Waals surface area (Å²) in [6, 6.07) is 8.48. The van der Waals surface area contributed by atoms with Crippen LogP contribution in [0, 0.1) is 18.3 Å². The first-order valence-electron chi connectivity index (χ1n) is 6.28. The van der Waals surface area contributed by atoms with Crippen LogP contribution in [-0.4, -0.2) is 23.3 Å². The number of thiazole rings is 1. The highest BCUT2D eigenvalue weighted by Gasteiger charge is 2.24. The Bertz CT molecular complexity index is 734. The summed E-state index contributed by atoms with van der Waals surface area (Å²) in [6.45, 7) is 1.33. The Morgan fingerprint density at radius 2 is 2.09 bits per heavy atom. The van der Waals surface area contributed by atoms with Gasteiger partial charge in [-0.1, -0.05) is 15.9 Å². The molecule has 0 fully saturated rings. The highest BCUT2D eigenvalue weighted by Crippen LogP contribution is 2.21. The zero-order valence-corrected chi connectivity index (χ0v) is 14.0. The number of hydrogen-bond acceptors (Lipinski definition) is 6. The number of halogens is 1. The molecule has 1 atom stereocenters. The molecule has 2 rings (SSSR count). The predicted molar refractivity (Wildman–Crippen MR) is 84.6 cm³/mol. The number of rotatable bonds is 5. The molecular weight excluding hydrogens is 368 g/mol. The van der Waals surface area contributed by atoms with Gasteiger partial charge in [-0.25, -0.2) is 9.78 Å². The zero-order valence-electron chi connectivity index (χ0n) is 11.6. The quantitative estimate of drug-likeness (QED) is 0.745. The Kier molecular flexibility index (Phi) is 5.41. The van der Waals surface area contributed by atoms with E-state index in [0.29, 0.717) is 10.6 Å². The van der Waals surface area contributed by atoms with E-state index in [-0.39, 0.29) is 0 Å². The van der Waals surface area contributed by atoms with Crippen molar-refractivity contribution in [2.24, 2.45) is 0 Å². The Hall–Kier alpha value is -2.04. The van der Waals surface area contributed by atoms with E-state index in [2.05, 4.69) is 20.9 Å². The van der Waals surface area contributed by atoms with Crippen molar-refractivity contribution in [1.29, 1.82) is 5.26 Å². The molecule has 0 amide bonds. The Morgan fingerprint density at radius 1 is 1.41 bits per heavy atom. The van der Waals surface area contributed by atoms with Gasteiger partial charge in [0.05, 0.1) is 11.6 Å². The summed E-state index contributed by atoms with van der Waals surface area (Å²) >= 11 is 4.51. The number of nitrogens with zero attached hydrogens (tertiary/aromatic N) is 2. The van der Waals surface area contributed by atoms with Crippen molar-refractivity contribution >= 4 is 39.0 Å². The minimum atomic E-state index is -1.00. The third kappa shape index (κ3) is 4.00. The molecule has 1 heterocycles. The number of ether oxygens (including phenoxy) is 1. The van der Waals surface area contributed by atoms with E-state index in [1.807, 2.05) is 6.07 Å². The van der Waals surface area contributed by atoms with Gasteiger partial charge in [0.15, 0.2) is 18.3 Å². The zero-order chi connectivity index (χ0) is 16.1. The number of benzene rings is 1. The number of carbonyl (C=O) groups excluding carboxylic acids is 2. The first-order chi connectivity index (χ1) is 10.5. The summed E-state index contributed by atoms with van der Waals surface area (Å²) in [6.07, 6.45) is 0. The number of ketones is 1. The lowest BCUT2D eigenvalue weighted by Gasteiger charge is -2.07. The van der Waals surface area contributed by atoms with Crippen molar-refractivity contribution in [2.45, 2.75) is 12.8 Å². The first kappa shape index (κ1) is 16.3. The van der Waals surface area contributed by atoms with E-state index in [4.69, 9.17) is 10.00 Å². The van der Waals surface area contributed by atoms with Gasteiger partial charge in [0.2, 0.25) is 0 Å². The molecule has 0 N–H and O–H groups in total. The van der Waals surface area contributed by atoms with Gasteiger partial charge in [-0.3, -0.25) is 4.79 Å². The summed E-state index contributed by atoms with van der Waals surface area (Å²) in [5.41, 5.74) is 1.09. The van der Waals surface area contributed by atoms with E-state index < -0.39 is 24.3 Å². The number of carbonyl (C=O) groups is 2. The molecule has 0 aliphatic heterocycles. The summed E-state index contributed by atoms with van der Waals surface area (Å²) in [7, 11) is 0. The van der Waals surface area contributed by atoms with Crippen LogP contribution >= 0.6 is 27.3 Å². The molecule has 5 nitrogen and oxygen atoms in total. The van der Waals surface area contributed by atoms with Crippen LogP contribution in [0.3, 0.4) is 0 Å². The van der Waals surface area contributed by atoms with E-state index in [1.165, 1.54) is 11.3 Å². The monoisotopic (exact) mass is 378 g/mol. The van der Waals surface area contributed by atoms with Crippen LogP contribution in [0.5, 0.6) is 0 Å². The van der Waals surface area contributed by atoms with Crippen LogP contribution in [0.4, 0.5) is 0 Å². The Labute approximate surface area is 139 Å². The van der Waals surface area contributed by atoms with Crippen LogP contribution in [-0.2, 0) is 9.53 Å². The Morgan fingerprint density at radius 3 is 2.64 bits per heavy atom. The van der Waals surface area contributed by atoms with Gasteiger partial charge in [-0.05, 0) is 31.2 Å². The number of aryl methyl sites for hydroxylation is 1. The normalized spacial score (nSPS) is 11.5. The molecule has 0 aliphatic carbocycles. The van der Waals surface area contributed by atoms with Gasteiger partial charge >= 0.3 is 5.97 Å². The summed E-state index contributed by atoms with van der Waals surface area (Å²) in [5.74, 6) is -2.09. The van der Waals surface area contributed by atoms with Crippen molar-refractivity contribution < 1.29 is 14.3 Å². The maximum Gasteiger partial charge on any atom is 0.338 e. The van der Waals surface area contributed by atoms with Crippen molar-refractivity contribution in [3.05, 3.63) is 50.4 Å². The molecule has 1 aromatic carbocycles. The number of Topliss-reactive ketones (excluding diaryl/α,β-unsaturated/α-hetero) is 1. The maximum absolute atomic E-state index is 12.0. The molecule has 0 saturated carbocycles. The van der Waals surface area contributed by atoms with Crippen LogP contribution in [0.2, 0.25) is 0 Å². The minimum Gasteiger partial charge on any atom is -0.454 e. The highest BCUT2D eigenvalue weighted by molar-refractivity contribution is 9.10. The number of esters is 1. The van der Waals surface area contributed by atoms with Crippen molar-refractivity contribution in [1.82, 2.24) is 4.98 Å². The first-order valence-corrected chi connectivity index (χ1v) is 7.95. The van der Waals surface area contributed by atoms with Crippen molar-refractivity contribution in [3.8, 4) is 6.07 Å². The van der Waals surface area contributed by atoms with Gasteiger partial charge in [0, 0.05) is 15.5 Å². The molecule has 7 heteroatoms. The second kappa shape index (κ2) is 7.29. The molecule has 2 aromatic rings. The molecular formula is C15H11BrN2O3S. The van der Waals surface area contributed by atoms with Gasteiger partial charge in [0.25, 0.3) is 0 Å². The second-order valence-electron chi connectivity index (χ2n) is 4.44. The SMILES string of the molecule is Cc1csc([C@@H](C#N)C(=O)COC(=O)c2ccc(Br)cc2)n1. The molecule has 0 unspecified atom stereocenters. The van der Waals surface area contributed by atoms with E-state index in [1.54, 1.807) is 36.6 Å². The van der Waals surface area contributed by atoms with E-state index >= 15 is 0 Å². The summed E-state index contributed by atoms with van der Waals surface area (Å²) in [5, 5.41) is 11.3. The standard InChI is InChI=1S/C15H11BrN2O3S/c1-9-8-22-14(18-9)12(6-17)13(19)7-21-15(20)10-2-4-11(16)5-3-10/h2-5,8,12H,7H2,1H3/t12-/m0/s1. The van der Waals surface area contributed by atoms with Crippen LogP contribution in [0.15, 0.2) is 34.1 Å². The fourth-order valence-corrected chi connectivity index (χ4v) is 2.78. The molecule has 22 heavy (non-hydrogen) atoms. The maximum atomic E-state index is 12.0. The fraction of sp³-hybridized carbons (Fsp3) is 0.200. The van der Waals surface area contributed by atoms with Gasteiger partial charge in [-0.15, -0.1) is 11.3 Å². The third-order valence-corrected chi connectivity index (χ3v) is 4.32. The minimum absolute atomic E-state index is 0.342. The number of aromatic nitrogens is 1. The van der Waals surface area contributed by atoms with Gasteiger partial charge in [0.1, 0.15) is 5.01 Å². The average molecular weight is 379 g/mol. The molecule has 0 aliphatic rings. The molecule has 1 aromatic heterocycles. The number of hydrogen-bond donors (Lipinski definition) is 0. The molecule has 0 saturated heterocycles. The van der Waals surface area contributed by atoms with E-state index in [0.717, 1.165) is 10.2 Å². The van der Waals surface area contributed by atoms with Crippen molar-refractivity contribution in [3.63, 3.8) is 0 Å². The lowest BCUT2D eigenvalue weighted by molar-refractivity contribution is -0.122. The topological polar surface area (TPSA) is 80.0 Å². The second-order valence-corrected chi connectivity index (χ2v) is 6.24. The Balaban J connectivity index is 1.98. The molecule has 0 bridgehead atoms. The van der Waals surface area contributed by atoms with Gasteiger partial charge < -0.3 is 4.74 Å². The van der Waals surface area contributed by atoms with E-state index in [9.17, 15) is 9.59 Å². The van der Waals surface area contributed by atoms with Crippen LogP contribution in [0.25, 0.3) is 0 Å². The lowest BCUT2D eigenvalue weighted by Crippen LogP contribution is -2.19. The van der Waals surface area contributed by atoms with Gasteiger partial charge in [-0.2, -0.15) is 5.26 Å². The van der Waals surface area contributed by atoms with Crippen LogP contribution < -0.4 is 0 Å². The highest BCUT2D eigenvalue weighted by atomic mass is 79.9. The molecule has 0 spiro atoms.